The van der Waals surface area contributed by atoms with Crippen molar-refractivity contribution in [1.82, 2.24) is 19.8 Å². The maximum Gasteiger partial charge on any atom is 0.325 e. The van der Waals surface area contributed by atoms with E-state index in [1.54, 1.807) is 13.8 Å². The van der Waals surface area contributed by atoms with Crippen molar-refractivity contribution in [3.8, 4) is 0 Å². The molecule has 0 aliphatic carbocycles. The largest absolute Gasteiger partial charge is 0.465 e. The third-order valence-corrected chi connectivity index (χ3v) is 6.55. The van der Waals surface area contributed by atoms with Crippen LogP contribution in [0.4, 0.5) is 0 Å². The molecule has 0 radical (unpaired) electrons. The lowest BCUT2D eigenvalue weighted by Gasteiger charge is -2.35. The van der Waals surface area contributed by atoms with Gasteiger partial charge in [-0.3, -0.25) is 23.7 Å². The highest BCUT2D eigenvalue weighted by atomic mass is 32.1. The van der Waals surface area contributed by atoms with Gasteiger partial charge in [-0.1, -0.05) is 13.8 Å². The number of nitrogens with one attached hydrogen (secondary N) is 1. The molecule has 3 heterocycles. The number of ether oxygens (including phenoxy) is 1. The number of thiophene rings is 1. The van der Waals surface area contributed by atoms with Crippen molar-refractivity contribution in [3.05, 3.63) is 27.1 Å². The molecule has 1 aliphatic rings. The van der Waals surface area contributed by atoms with E-state index in [4.69, 9.17) is 4.74 Å². The third kappa shape index (κ3) is 5.12. The molecular formula is C21H28N4O5S. The number of rotatable bonds is 6. The molecular weight excluding hydrogens is 420 g/mol. The number of carbonyl (C=O) groups excluding carboxylic acids is 3. The zero-order valence-electron chi connectivity index (χ0n) is 18.3. The molecule has 168 valence electrons. The average molecular weight is 449 g/mol. The quantitative estimate of drug-likeness (QED) is 0.672. The second-order valence-electron chi connectivity index (χ2n) is 8.15. The van der Waals surface area contributed by atoms with Crippen molar-refractivity contribution in [1.29, 1.82) is 0 Å². The highest BCUT2D eigenvalue weighted by molar-refractivity contribution is 7.20. The Morgan fingerprint density at radius 2 is 1.94 bits per heavy atom. The minimum atomic E-state index is -0.532. The summed E-state index contributed by atoms with van der Waals surface area (Å²) in [4.78, 5) is 56.6. The second kappa shape index (κ2) is 9.59. The fourth-order valence-corrected chi connectivity index (χ4v) is 5.10. The van der Waals surface area contributed by atoms with E-state index >= 15 is 0 Å². The van der Waals surface area contributed by atoms with Crippen LogP contribution in [0.15, 0.2) is 11.1 Å². The normalized spacial score (nSPS) is 18.8. The van der Waals surface area contributed by atoms with Crippen LogP contribution in [0, 0.1) is 18.8 Å². The molecule has 2 atom stereocenters. The minimum Gasteiger partial charge on any atom is -0.465 e. The smallest absolute Gasteiger partial charge is 0.325 e. The summed E-state index contributed by atoms with van der Waals surface area (Å²) in [7, 11) is 0. The van der Waals surface area contributed by atoms with Gasteiger partial charge in [0.1, 0.15) is 17.9 Å². The number of amides is 2. The molecule has 2 unspecified atom stereocenters. The maximum absolute atomic E-state index is 13.0. The average Bonchev–Trinajstić information content (AvgIpc) is 3.05. The maximum atomic E-state index is 13.0. The minimum absolute atomic E-state index is 0.0825. The van der Waals surface area contributed by atoms with Crippen molar-refractivity contribution in [2.45, 2.75) is 40.7 Å². The number of carbonyl (C=O) groups is 3. The van der Waals surface area contributed by atoms with Gasteiger partial charge in [-0.2, -0.15) is 0 Å². The topological polar surface area (TPSA) is 111 Å². The number of aromatic nitrogens is 2. The first-order valence-electron chi connectivity index (χ1n) is 10.4. The molecule has 0 aromatic carbocycles. The van der Waals surface area contributed by atoms with Crippen LogP contribution in [0.5, 0.6) is 0 Å². The predicted octanol–water partition coefficient (Wildman–Crippen LogP) is 1.56. The zero-order chi connectivity index (χ0) is 22.7. The lowest BCUT2D eigenvalue weighted by atomic mass is 9.92. The summed E-state index contributed by atoms with van der Waals surface area (Å²) in [6, 6.07) is 0. The van der Waals surface area contributed by atoms with Crippen molar-refractivity contribution in [2.24, 2.45) is 11.8 Å². The van der Waals surface area contributed by atoms with Crippen LogP contribution in [0.2, 0.25) is 0 Å². The van der Waals surface area contributed by atoms with Gasteiger partial charge >= 0.3 is 5.97 Å². The fourth-order valence-electron chi connectivity index (χ4n) is 4.05. The number of piperidine rings is 1. The highest BCUT2D eigenvalue weighted by Crippen LogP contribution is 2.27. The van der Waals surface area contributed by atoms with Crippen LogP contribution in [-0.4, -0.2) is 58.5 Å². The Labute approximate surface area is 184 Å². The summed E-state index contributed by atoms with van der Waals surface area (Å²) in [5.74, 6) is -0.247. The molecule has 0 bridgehead atoms. The van der Waals surface area contributed by atoms with E-state index in [0.29, 0.717) is 45.6 Å². The Kier molecular flexibility index (Phi) is 7.09. The first-order chi connectivity index (χ1) is 14.7. The van der Waals surface area contributed by atoms with Gasteiger partial charge in [0, 0.05) is 13.1 Å². The molecule has 1 fully saturated rings. The molecule has 2 aromatic rings. The van der Waals surface area contributed by atoms with Gasteiger partial charge in [0.25, 0.3) is 11.5 Å². The number of esters is 1. The zero-order valence-corrected chi connectivity index (χ0v) is 19.1. The molecule has 2 aromatic heterocycles. The molecule has 1 N–H and O–H groups in total. The number of nitrogens with zero attached hydrogens (tertiary/aromatic N) is 3. The van der Waals surface area contributed by atoms with Gasteiger partial charge in [0.05, 0.1) is 23.2 Å². The highest BCUT2D eigenvalue weighted by Gasteiger charge is 2.26. The molecule has 1 saturated heterocycles. The summed E-state index contributed by atoms with van der Waals surface area (Å²) >= 11 is 1.08. The van der Waals surface area contributed by atoms with E-state index < -0.39 is 11.9 Å². The summed E-state index contributed by atoms with van der Waals surface area (Å²) in [6.07, 6.45) is 2.45. The Bertz CT molecular complexity index is 1050. The third-order valence-electron chi connectivity index (χ3n) is 5.35. The van der Waals surface area contributed by atoms with Crippen LogP contribution in [0.25, 0.3) is 10.2 Å². The first-order valence-corrected chi connectivity index (χ1v) is 11.2. The number of aryl methyl sites for hydroxylation is 1. The van der Waals surface area contributed by atoms with Gasteiger partial charge in [0.15, 0.2) is 0 Å². The molecule has 1 aliphatic heterocycles. The second-order valence-corrected chi connectivity index (χ2v) is 9.15. The van der Waals surface area contributed by atoms with Gasteiger partial charge in [0.2, 0.25) is 5.91 Å². The lowest BCUT2D eigenvalue weighted by molar-refractivity contribution is -0.141. The standard InChI is InChI=1S/C21H28N4O5S/c1-5-30-16(27)7-22-19(28)18-14(4)17-20(31-18)23-11-25(21(17)29)10-15(26)24-8-12(2)6-13(3)9-24/h11-13H,5-10H2,1-4H3,(H,22,28). The van der Waals surface area contributed by atoms with Gasteiger partial charge in [-0.05, 0) is 37.7 Å². The number of likely N-dealkylation sites (tertiary alicyclic amines) is 1. The summed E-state index contributed by atoms with van der Waals surface area (Å²) in [5, 5.41) is 2.82. The first kappa shape index (κ1) is 22.9. The molecule has 9 nitrogen and oxygen atoms in total. The Morgan fingerprint density at radius 1 is 1.26 bits per heavy atom. The monoisotopic (exact) mass is 448 g/mol. The predicted molar refractivity (Wildman–Crippen MR) is 117 cm³/mol. The Morgan fingerprint density at radius 3 is 2.58 bits per heavy atom. The van der Waals surface area contributed by atoms with Gasteiger partial charge in [-0.15, -0.1) is 11.3 Å². The van der Waals surface area contributed by atoms with Crippen LogP contribution in [0.3, 0.4) is 0 Å². The molecule has 0 saturated carbocycles. The molecule has 10 heteroatoms. The lowest BCUT2D eigenvalue weighted by Crippen LogP contribution is -2.44. The number of hydrogen-bond acceptors (Lipinski definition) is 7. The molecule has 2 amide bonds. The molecule has 31 heavy (non-hydrogen) atoms. The fraction of sp³-hybridized carbons (Fsp3) is 0.571. The summed E-state index contributed by atoms with van der Waals surface area (Å²) in [6.45, 7) is 8.88. The number of fused-ring (bicyclic) bond motifs is 1. The van der Waals surface area contributed by atoms with E-state index in [1.807, 2.05) is 4.90 Å². The van der Waals surface area contributed by atoms with E-state index in [9.17, 15) is 19.2 Å². The van der Waals surface area contributed by atoms with E-state index in [0.717, 1.165) is 17.8 Å². The number of hydrogen-bond donors (Lipinski definition) is 1. The van der Waals surface area contributed by atoms with Gasteiger partial charge in [-0.25, -0.2) is 4.98 Å². The van der Waals surface area contributed by atoms with Crippen LogP contribution in [0.1, 0.15) is 42.4 Å². The van der Waals surface area contributed by atoms with Crippen molar-refractivity contribution in [3.63, 3.8) is 0 Å². The van der Waals surface area contributed by atoms with E-state index in [-0.39, 0.29) is 31.2 Å². The Balaban J connectivity index is 1.80. The van der Waals surface area contributed by atoms with Crippen molar-refractivity contribution in [2.75, 3.05) is 26.2 Å². The molecule has 0 spiro atoms. The summed E-state index contributed by atoms with van der Waals surface area (Å²) < 4.78 is 6.10. The van der Waals surface area contributed by atoms with Crippen molar-refractivity contribution >= 4 is 39.3 Å². The van der Waals surface area contributed by atoms with Crippen molar-refractivity contribution < 1.29 is 19.1 Å². The molecule has 3 rings (SSSR count). The van der Waals surface area contributed by atoms with E-state index in [1.165, 1.54) is 10.9 Å². The Hall–Kier alpha value is -2.75. The summed E-state index contributed by atoms with van der Waals surface area (Å²) in [5.41, 5.74) is 0.135. The van der Waals surface area contributed by atoms with Gasteiger partial charge < -0.3 is 15.0 Å². The van der Waals surface area contributed by atoms with E-state index in [2.05, 4.69) is 24.1 Å². The SMILES string of the molecule is CCOC(=O)CNC(=O)c1sc2ncn(CC(=O)N3CC(C)CC(C)C3)c(=O)c2c1C. The van der Waals surface area contributed by atoms with Crippen LogP contribution < -0.4 is 10.9 Å². The van der Waals surface area contributed by atoms with Crippen LogP contribution >= 0.6 is 11.3 Å². The van der Waals surface area contributed by atoms with Crippen LogP contribution in [-0.2, 0) is 20.9 Å².